The van der Waals surface area contributed by atoms with Gasteiger partial charge in [-0.3, -0.25) is 4.90 Å². The number of para-hydroxylation sites is 1. The van der Waals surface area contributed by atoms with Crippen LogP contribution in [0, 0.1) is 6.92 Å². The van der Waals surface area contributed by atoms with E-state index < -0.39 is 0 Å². The summed E-state index contributed by atoms with van der Waals surface area (Å²) < 4.78 is 2.23. The predicted octanol–water partition coefficient (Wildman–Crippen LogP) is 1.70. The van der Waals surface area contributed by atoms with Gasteiger partial charge in [0, 0.05) is 52.0 Å². The zero-order chi connectivity index (χ0) is 15.8. The van der Waals surface area contributed by atoms with Crippen LogP contribution in [0.2, 0.25) is 0 Å². The summed E-state index contributed by atoms with van der Waals surface area (Å²) in [5.74, 6) is 1.12. The van der Waals surface area contributed by atoms with Crippen LogP contribution in [0.25, 0.3) is 0 Å². The minimum atomic E-state index is 0.413. The lowest BCUT2D eigenvalue weighted by Crippen LogP contribution is -2.50. The second-order valence-corrected chi connectivity index (χ2v) is 6.56. The molecule has 1 unspecified atom stereocenters. The third-order valence-corrected chi connectivity index (χ3v) is 5.29. The SMILES string of the molecule is Cc1nc2c(n1C)CNCC2N1CCN(c2ccccc2)CC1. The van der Waals surface area contributed by atoms with Gasteiger partial charge >= 0.3 is 0 Å². The fourth-order valence-corrected chi connectivity index (χ4v) is 3.81. The number of aryl methyl sites for hydroxylation is 1. The number of rotatable bonds is 2. The van der Waals surface area contributed by atoms with Crippen LogP contribution in [0.15, 0.2) is 30.3 Å². The molecule has 1 aromatic carbocycles. The molecule has 0 spiro atoms. The number of fused-ring (bicyclic) bond motifs is 1. The molecule has 1 atom stereocenters. The fraction of sp³-hybridized carbons (Fsp3) is 0.500. The molecule has 5 heteroatoms. The average Bonchev–Trinajstić information content (AvgIpc) is 2.91. The maximum absolute atomic E-state index is 4.85. The Morgan fingerprint density at radius 1 is 1.09 bits per heavy atom. The Labute approximate surface area is 137 Å². The monoisotopic (exact) mass is 311 g/mol. The van der Waals surface area contributed by atoms with E-state index in [0.717, 1.165) is 45.1 Å². The minimum Gasteiger partial charge on any atom is -0.369 e. The van der Waals surface area contributed by atoms with Crippen molar-refractivity contribution < 1.29 is 0 Å². The normalized spacial score (nSPS) is 22.2. The Kier molecular flexibility index (Phi) is 3.83. The van der Waals surface area contributed by atoms with Crippen molar-refractivity contribution in [1.82, 2.24) is 19.8 Å². The van der Waals surface area contributed by atoms with E-state index in [2.05, 4.69) is 64.0 Å². The van der Waals surface area contributed by atoms with Crippen molar-refractivity contribution in [2.24, 2.45) is 7.05 Å². The van der Waals surface area contributed by atoms with Gasteiger partial charge in [0.25, 0.3) is 0 Å². The summed E-state index contributed by atoms with van der Waals surface area (Å²) in [6.45, 7) is 8.40. The molecule has 2 aromatic rings. The summed E-state index contributed by atoms with van der Waals surface area (Å²) in [5.41, 5.74) is 3.98. The number of aromatic nitrogens is 2. The summed E-state index contributed by atoms with van der Waals surface area (Å²) >= 11 is 0. The molecule has 0 saturated carbocycles. The maximum atomic E-state index is 4.85. The first-order chi connectivity index (χ1) is 11.2. The number of nitrogens with one attached hydrogen (secondary N) is 1. The first-order valence-electron chi connectivity index (χ1n) is 8.51. The molecule has 0 aliphatic carbocycles. The second-order valence-electron chi connectivity index (χ2n) is 6.56. The maximum Gasteiger partial charge on any atom is 0.105 e. The van der Waals surface area contributed by atoms with E-state index in [-0.39, 0.29) is 0 Å². The van der Waals surface area contributed by atoms with Crippen LogP contribution in [0.4, 0.5) is 5.69 Å². The van der Waals surface area contributed by atoms with Crippen molar-refractivity contribution in [2.75, 3.05) is 37.6 Å². The molecule has 0 amide bonds. The van der Waals surface area contributed by atoms with Crippen molar-refractivity contribution in [1.29, 1.82) is 0 Å². The van der Waals surface area contributed by atoms with Crippen LogP contribution in [-0.2, 0) is 13.6 Å². The van der Waals surface area contributed by atoms with Crippen LogP contribution in [0.1, 0.15) is 23.3 Å². The molecule has 5 nitrogen and oxygen atoms in total. The van der Waals surface area contributed by atoms with E-state index >= 15 is 0 Å². The highest BCUT2D eigenvalue weighted by atomic mass is 15.3. The van der Waals surface area contributed by atoms with Crippen molar-refractivity contribution in [3.05, 3.63) is 47.5 Å². The Balaban J connectivity index is 1.48. The van der Waals surface area contributed by atoms with E-state index in [9.17, 15) is 0 Å². The molecule has 23 heavy (non-hydrogen) atoms. The highest BCUT2D eigenvalue weighted by Crippen LogP contribution is 2.28. The summed E-state index contributed by atoms with van der Waals surface area (Å²) in [5, 5.41) is 3.57. The smallest absolute Gasteiger partial charge is 0.105 e. The van der Waals surface area contributed by atoms with Gasteiger partial charge in [-0.05, 0) is 19.1 Å². The first kappa shape index (κ1) is 14.7. The number of nitrogens with zero attached hydrogens (tertiary/aromatic N) is 4. The number of hydrogen-bond donors (Lipinski definition) is 1. The highest BCUT2D eigenvalue weighted by Gasteiger charge is 2.31. The number of anilines is 1. The molecule has 2 aliphatic rings. The largest absolute Gasteiger partial charge is 0.369 e. The standard InChI is InChI=1S/C18H25N5/c1-14-20-18-16(21(14)2)12-19-13-17(18)23-10-8-22(9-11-23)15-6-4-3-5-7-15/h3-7,17,19H,8-13H2,1-2H3. The molecule has 4 rings (SSSR count). The van der Waals surface area contributed by atoms with Gasteiger partial charge in [-0.2, -0.15) is 0 Å². The summed E-state index contributed by atoms with van der Waals surface area (Å²) in [7, 11) is 2.12. The van der Waals surface area contributed by atoms with Crippen molar-refractivity contribution >= 4 is 5.69 Å². The van der Waals surface area contributed by atoms with Crippen LogP contribution < -0.4 is 10.2 Å². The van der Waals surface area contributed by atoms with Gasteiger partial charge in [0.15, 0.2) is 0 Å². The fourth-order valence-electron chi connectivity index (χ4n) is 3.81. The van der Waals surface area contributed by atoms with Gasteiger partial charge in [0.1, 0.15) is 5.82 Å². The van der Waals surface area contributed by atoms with E-state index in [0.29, 0.717) is 6.04 Å². The van der Waals surface area contributed by atoms with Gasteiger partial charge in [-0.25, -0.2) is 4.98 Å². The lowest BCUT2D eigenvalue weighted by atomic mass is 10.0. The quantitative estimate of drug-likeness (QED) is 0.916. The Morgan fingerprint density at radius 2 is 1.83 bits per heavy atom. The van der Waals surface area contributed by atoms with E-state index in [1.807, 2.05) is 0 Å². The Morgan fingerprint density at radius 3 is 2.57 bits per heavy atom. The van der Waals surface area contributed by atoms with E-state index in [4.69, 9.17) is 4.98 Å². The van der Waals surface area contributed by atoms with E-state index in [1.54, 1.807) is 0 Å². The zero-order valence-electron chi connectivity index (χ0n) is 14.0. The molecule has 122 valence electrons. The van der Waals surface area contributed by atoms with Crippen molar-refractivity contribution in [2.45, 2.75) is 19.5 Å². The third-order valence-electron chi connectivity index (χ3n) is 5.29. The lowest BCUT2D eigenvalue weighted by Gasteiger charge is -2.41. The molecule has 0 bridgehead atoms. The predicted molar refractivity (Wildman–Crippen MR) is 92.6 cm³/mol. The average molecular weight is 311 g/mol. The minimum absolute atomic E-state index is 0.413. The van der Waals surface area contributed by atoms with Gasteiger partial charge < -0.3 is 14.8 Å². The molecule has 1 N–H and O–H groups in total. The van der Waals surface area contributed by atoms with Crippen molar-refractivity contribution in [3.63, 3.8) is 0 Å². The summed E-state index contributed by atoms with van der Waals surface area (Å²) in [6, 6.07) is 11.1. The van der Waals surface area contributed by atoms with E-state index in [1.165, 1.54) is 17.1 Å². The molecule has 1 aromatic heterocycles. The number of hydrogen-bond acceptors (Lipinski definition) is 4. The number of benzene rings is 1. The summed E-state index contributed by atoms with van der Waals surface area (Å²) in [6.07, 6.45) is 0. The summed E-state index contributed by atoms with van der Waals surface area (Å²) in [4.78, 5) is 9.93. The molecule has 3 heterocycles. The zero-order valence-corrected chi connectivity index (χ0v) is 14.0. The van der Waals surface area contributed by atoms with Crippen LogP contribution in [0.5, 0.6) is 0 Å². The van der Waals surface area contributed by atoms with Crippen LogP contribution in [-0.4, -0.2) is 47.2 Å². The second kappa shape index (κ2) is 5.98. The number of piperazine rings is 1. The first-order valence-corrected chi connectivity index (χ1v) is 8.51. The van der Waals surface area contributed by atoms with Crippen molar-refractivity contribution in [3.8, 4) is 0 Å². The molecule has 2 aliphatic heterocycles. The third kappa shape index (κ3) is 2.64. The molecule has 1 fully saturated rings. The van der Waals surface area contributed by atoms with Crippen LogP contribution >= 0.6 is 0 Å². The molecular formula is C18H25N5. The molecule has 1 saturated heterocycles. The van der Waals surface area contributed by atoms with Gasteiger partial charge in [-0.1, -0.05) is 18.2 Å². The van der Waals surface area contributed by atoms with Gasteiger partial charge in [0.05, 0.1) is 17.4 Å². The van der Waals surface area contributed by atoms with Crippen LogP contribution in [0.3, 0.4) is 0 Å². The Bertz CT molecular complexity index is 670. The molecule has 0 radical (unpaired) electrons. The van der Waals surface area contributed by atoms with Gasteiger partial charge in [0.2, 0.25) is 0 Å². The molecular weight excluding hydrogens is 286 g/mol. The Hall–Kier alpha value is -1.85. The topological polar surface area (TPSA) is 36.3 Å². The lowest BCUT2D eigenvalue weighted by molar-refractivity contribution is 0.171. The highest BCUT2D eigenvalue weighted by molar-refractivity contribution is 5.46. The number of imidazole rings is 1. The van der Waals surface area contributed by atoms with Gasteiger partial charge in [-0.15, -0.1) is 0 Å².